The maximum atomic E-state index is 5.83. The Morgan fingerprint density at radius 2 is 1.59 bits per heavy atom. The van der Waals surface area contributed by atoms with Crippen LogP contribution in [0.1, 0.15) is 19.4 Å². The highest BCUT2D eigenvalue weighted by molar-refractivity contribution is 9.10. The molecule has 1 unspecified atom stereocenters. The number of fused-ring (bicyclic) bond motifs is 1. The standard InChI is InChI=1S/C29H31BrN5OP/c1-29(2)25-11-7-8-12-26(25)33(3)28(29)27-21-31-35(24-9-5-4-6-10-24)37(27,34-17-19-36-20-18-34)32-23-15-13-22(30)14-16-23/h4-16,21H,17-20H2,1-3H3/b28-27-. The van der Waals surface area contributed by atoms with Gasteiger partial charge in [0, 0.05) is 41.4 Å². The Hall–Kier alpha value is -2.70. The molecule has 3 aromatic carbocycles. The first-order valence-corrected chi connectivity index (χ1v) is 15.1. The first kappa shape index (κ1) is 24.6. The minimum atomic E-state index is -2.58. The molecule has 0 N–H and O–H groups in total. The van der Waals surface area contributed by atoms with Gasteiger partial charge in [0.15, 0.2) is 7.36 Å². The van der Waals surface area contributed by atoms with Gasteiger partial charge in [0.25, 0.3) is 0 Å². The summed E-state index contributed by atoms with van der Waals surface area (Å²) >= 11 is 3.59. The Kier molecular flexibility index (Phi) is 6.36. The fraction of sp³-hybridized carbons (Fsp3) is 0.276. The molecule has 0 spiro atoms. The molecule has 0 aromatic heterocycles. The van der Waals surface area contributed by atoms with Crippen molar-refractivity contribution in [3.8, 4) is 0 Å². The molecule has 3 aliphatic rings. The summed E-state index contributed by atoms with van der Waals surface area (Å²) in [5.41, 5.74) is 5.62. The Bertz CT molecular complexity index is 1430. The number of allylic oxidation sites excluding steroid dienone is 2. The second-order valence-corrected chi connectivity index (χ2v) is 13.7. The van der Waals surface area contributed by atoms with E-state index in [9.17, 15) is 0 Å². The smallest absolute Gasteiger partial charge is 0.180 e. The van der Waals surface area contributed by atoms with Gasteiger partial charge in [0.1, 0.15) is 0 Å². The Morgan fingerprint density at radius 3 is 2.30 bits per heavy atom. The van der Waals surface area contributed by atoms with Gasteiger partial charge < -0.3 is 9.64 Å². The molecule has 0 bridgehead atoms. The molecule has 1 atom stereocenters. The molecule has 0 amide bonds. The van der Waals surface area contributed by atoms with E-state index in [1.807, 2.05) is 6.07 Å². The van der Waals surface area contributed by atoms with Crippen LogP contribution in [0.2, 0.25) is 0 Å². The summed E-state index contributed by atoms with van der Waals surface area (Å²) in [6.45, 7) is 7.61. The van der Waals surface area contributed by atoms with Crippen molar-refractivity contribution < 1.29 is 4.74 Å². The lowest BCUT2D eigenvalue weighted by atomic mass is 9.84. The van der Waals surface area contributed by atoms with E-state index >= 15 is 0 Å². The van der Waals surface area contributed by atoms with E-state index < -0.39 is 7.36 Å². The number of ether oxygens (including phenoxy) is 1. The van der Waals surface area contributed by atoms with E-state index in [0.717, 1.165) is 28.9 Å². The van der Waals surface area contributed by atoms with Gasteiger partial charge in [-0.05, 0) is 48.0 Å². The van der Waals surface area contributed by atoms with Crippen LogP contribution in [0.25, 0.3) is 0 Å². The molecule has 0 radical (unpaired) electrons. The molecule has 0 aliphatic carbocycles. The number of para-hydroxylation sites is 2. The van der Waals surface area contributed by atoms with Crippen LogP contribution in [-0.4, -0.2) is 44.2 Å². The third kappa shape index (κ3) is 4.00. The largest absolute Gasteiger partial charge is 0.379 e. The van der Waals surface area contributed by atoms with E-state index in [1.165, 1.54) is 22.3 Å². The molecule has 6 nitrogen and oxygen atoms in total. The lowest BCUT2D eigenvalue weighted by Crippen LogP contribution is -2.38. The molecule has 3 aromatic rings. The summed E-state index contributed by atoms with van der Waals surface area (Å²) in [6, 6.07) is 27.5. The zero-order valence-corrected chi connectivity index (χ0v) is 23.9. The van der Waals surface area contributed by atoms with Crippen LogP contribution in [0.3, 0.4) is 0 Å². The van der Waals surface area contributed by atoms with Crippen molar-refractivity contribution in [3.63, 3.8) is 0 Å². The Balaban J connectivity index is 1.68. The van der Waals surface area contributed by atoms with Crippen molar-refractivity contribution in [2.75, 3.05) is 43.0 Å². The van der Waals surface area contributed by atoms with Crippen LogP contribution in [0, 0.1) is 0 Å². The first-order valence-electron chi connectivity index (χ1n) is 12.6. The number of benzene rings is 3. The van der Waals surface area contributed by atoms with Crippen LogP contribution >= 0.6 is 23.3 Å². The highest BCUT2D eigenvalue weighted by atomic mass is 79.9. The summed E-state index contributed by atoms with van der Waals surface area (Å²) in [5, 5.41) is 6.32. The van der Waals surface area contributed by atoms with E-state index in [-0.39, 0.29) is 5.41 Å². The molecule has 0 saturated carbocycles. The minimum absolute atomic E-state index is 0.202. The number of halogens is 1. The highest BCUT2D eigenvalue weighted by Crippen LogP contribution is 2.70. The number of hydrazone groups is 1. The molecule has 3 heterocycles. The molecule has 3 aliphatic heterocycles. The van der Waals surface area contributed by atoms with Gasteiger partial charge in [-0.15, -0.1) is 0 Å². The average molecular weight is 576 g/mol. The van der Waals surface area contributed by atoms with E-state index in [0.29, 0.717) is 13.2 Å². The fourth-order valence-corrected chi connectivity index (χ4v) is 9.82. The van der Waals surface area contributed by atoms with Gasteiger partial charge in [-0.1, -0.05) is 66.2 Å². The third-order valence-corrected chi connectivity index (χ3v) is 11.5. The second-order valence-electron chi connectivity index (χ2n) is 10.0. The molecule has 6 rings (SSSR count). The van der Waals surface area contributed by atoms with Crippen molar-refractivity contribution in [1.29, 1.82) is 0 Å². The van der Waals surface area contributed by atoms with E-state index in [2.05, 4.69) is 130 Å². The summed E-state index contributed by atoms with van der Waals surface area (Å²) in [7, 11) is -0.401. The van der Waals surface area contributed by atoms with Gasteiger partial charge in [-0.3, -0.25) is 0 Å². The predicted octanol–water partition coefficient (Wildman–Crippen LogP) is 7.59. The van der Waals surface area contributed by atoms with Crippen LogP contribution in [0.4, 0.5) is 17.1 Å². The Labute approximate surface area is 227 Å². The topological polar surface area (TPSA) is 43.7 Å². The predicted molar refractivity (Wildman–Crippen MR) is 158 cm³/mol. The van der Waals surface area contributed by atoms with Crippen LogP contribution in [-0.2, 0) is 10.2 Å². The van der Waals surface area contributed by atoms with Crippen molar-refractivity contribution in [2.45, 2.75) is 19.3 Å². The molecule has 37 heavy (non-hydrogen) atoms. The Morgan fingerprint density at radius 1 is 0.919 bits per heavy atom. The van der Waals surface area contributed by atoms with E-state index in [1.54, 1.807) is 0 Å². The second kappa shape index (κ2) is 9.55. The summed E-state index contributed by atoms with van der Waals surface area (Å²) < 4.78 is 17.3. The van der Waals surface area contributed by atoms with Crippen molar-refractivity contribution in [2.24, 2.45) is 9.85 Å². The molecule has 1 saturated heterocycles. The molecule has 8 heteroatoms. The zero-order chi connectivity index (χ0) is 25.6. The highest BCUT2D eigenvalue weighted by Gasteiger charge is 2.49. The molecular weight excluding hydrogens is 545 g/mol. The minimum Gasteiger partial charge on any atom is -0.379 e. The van der Waals surface area contributed by atoms with Crippen molar-refractivity contribution in [1.82, 2.24) is 4.67 Å². The zero-order valence-electron chi connectivity index (χ0n) is 21.4. The third-order valence-electron chi connectivity index (χ3n) is 7.44. The number of hydrogen-bond donors (Lipinski definition) is 0. The van der Waals surface area contributed by atoms with Gasteiger partial charge in [0.05, 0.1) is 36.1 Å². The number of anilines is 2. The average Bonchev–Trinajstić information content (AvgIpc) is 3.38. The van der Waals surface area contributed by atoms with Crippen LogP contribution in [0.15, 0.2) is 104 Å². The number of likely N-dealkylation sites (N-methyl/N-ethyl adjacent to an activating group) is 1. The SMILES string of the molecule is CN1/C(=C2/C=NN(c3ccccc3)P2(=Nc2ccc(Br)cc2)N2CCOCC2)C(C)(C)c2ccccc21. The van der Waals surface area contributed by atoms with Gasteiger partial charge in [0.2, 0.25) is 0 Å². The normalized spacial score (nSPS) is 25.0. The molecule has 1 fully saturated rings. The number of morpholine rings is 1. The molecular formula is C29H31BrN5OP. The van der Waals surface area contributed by atoms with Gasteiger partial charge >= 0.3 is 0 Å². The monoisotopic (exact) mass is 575 g/mol. The lowest BCUT2D eigenvalue weighted by Gasteiger charge is -2.42. The van der Waals surface area contributed by atoms with Crippen molar-refractivity contribution in [3.05, 3.63) is 99.9 Å². The van der Waals surface area contributed by atoms with Crippen LogP contribution < -0.4 is 9.68 Å². The molecule has 190 valence electrons. The van der Waals surface area contributed by atoms with Crippen molar-refractivity contribution >= 4 is 46.6 Å². The lowest BCUT2D eigenvalue weighted by molar-refractivity contribution is 0.0743. The number of rotatable bonds is 3. The number of hydrogen-bond acceptors (Lipinski definition) is 4. The summed E-state index contributed by atoms with van der Waals surface area (Å²) in [4.78, 5) is 2.36. The van der Waals surface area contributed by atoms with Gasteiger partial charge in [-0.25, -0.2) is 14.2 Å². The summed E-state index contributed by atoms with van der Waals surface area (Å²) in [6.07, 6.45) is 2.08. The first-order chi connectivity index (χ1) is 17.9. The van der Waals surface area contributed by atoms with Gasteiger partial charge in [-0.2, -0.15) is 5.10 Å². The van der Waals surface area contributed by atoms with E-state index in [4.69, 9.17) is 14.6 Å². The maximum absolute atomic E-state index is 5.83. The maximum Gasteiger partial charge on any atom is 0.180 e. The van der Waals surface area contributed by atoms with Crippen LogP contribution in [0.5, 0.6) is 0 Å². The number of nitrogens with zero attached hydrogens (tertiary/aromatic N) is 5. The fourth-order valence-electron chi connectivity index (χ4n) is 5.74. The summed E-state index contributed by atoms with van der Waals surface area (Å²) in [5.74, 6) is 0. The quantitative estimate of drug-likeness (QED) is 0.302.